The van der Waals surface area contributed by atoms with Crippen molar-refractivity contribution < 1.29 is 9.13 Å². The summed E-state index contributed by atoms with van der Waals surface area (Å²) in [5.41, 5.74) is 2.17. The Morgan fingerprint density at radius 1 is 1.07 bits per heavy atom. The second-order valence-corrected chi connectivity index (χ2v) is 7.24. The molecule has 7 heteroatoms. The Balaban J connectivity index is 0.00000280. The van der Waals surface area contributed by atoms with Gasteiger partial charge in [-0.15, -0.1) is 24.0 Å². The molecule has 3 rings (SSSR count). The molecule has 4 nitrogen and oxygen atoms in total. The average Bonchev–Trinajstić information content (AvgIpc) is 2.70. The fourth-order valence-electron chi connectivity index (χ4n) is 3.39. The first-order valence-corrected chi connectivity index (χ1v) is 9.52. The molecule has 0 aliphatic carbocycles. The minimum Gasteiger partial charge on any atom is -0.381 e. The normalized spacial score (nSPS) is 16.2. The first-order valence-electron chi connectivity index (χ1n) is 9.14. The van der Waals surface area contributed by atoms with E-state index in [-0.39, 0.29) is 35.2 Å². The Morgan fingerprint density at radius 2 is 1.71 bits per heavy atom. The van der Waals surface area contributed by atoms with Crippen molar-refractivity contribution in [1.29, 1.82) is 0 Å². The topological polar surface area (TPSA) is 45.7 Å². The van der Waals surface area contributed by atoms with E-state index in [1.807, 2.05) is 36.4 Å². The molecular formula is C21H26ClFIN3O. The summed E-state index contributed by atoms with van der Waals surface area (Å²) in [4.78, 5) is 4.32. The Morgan fingerprint density at radius 3 is 2.32 bits per heavy atom. The van der Waals surface area contributed by atoms with Crippen molar-refractivity contribution in [3.63, 3.8) is 0 Å². The van der Waals surface area contributed by atoms with E-state index >= 15 is 0 Å². The second kappa shape index (κ2) is 11.0. The molecule has 1 fully saturated rings. The van der Waals surface area contributed by atoms with E-state index in [2.05, 4.69) is 15.6 Å². The molecule has 1 aliphatic heterocycles. The van der Waals surface area contributed by atoms with Crippen LogP contribution in [0.15, 0.2) is 53.5 Å². The van der Waals surface area contributed by atoms with Gasteiger partial charge in [0.2, 0.25) is 0 Å². The van der Waals surface area contributed by atoms with Gasteiger partial charge >= 0.3 is 0 Å². The van der Waals surface area contributed by atoms with Crippen molar-refractivity contribution in [2.75, 3.05) is 26.8 Å². The average molecular weight is 518 g/mol. The van der Waals surface area contributed by atoms with Crippen LogP contribution in [0.25, 0.3) is 0 Å². The number of ether oxygens (including phenoxy) is 1. The van der Waals surface area contributed by atoms with E-state index in [0.717, 1.165) is 35.0 Å². The van der Waals surface area contributed by atoms with Crippen LogP contribution in [0.2, 0.25) is 5.02 Å². The summed E-state index contributed by atoms with van der Waals surface area (Å²) in [6, 6.07) is 14.5. The zero-order valence-corrected chi connectivity index (χ0v) is 19.0. The van der Waals surface area contributed by atoms with Crippen LogP contribution in [0.5, 0.6) is 0 Å². The monoisotopic (exact) mass is 517 g/mol. The van der Waals surface area contributed by atoms with Gasteiger partial charge in [0.1, 0.15) is 5.82 Å². The Kier molecular flexibility index (Phi) is 8.98. The molecular weight excluding hydrogens is 492 g/mol. The minimum absolute atomic E-state index is 0. The maximum atomic E-state index is 13.4. The summed E-state index contributed by atoms with van der Waals surface area (Å²) in [5, 5.41) is 7.49. The molecule has 1 saturated heterocycles. The first-order chi connectivity index (χ1) is 13.1. The maximum Gasteiger partial charge on any atom is 0.191 e. The summed E-state index contributed by atoms with van der Waals surface area (Å²) in [5.74, 6) is 0.521. The Hall–Kier alpha value is -1.38. The van der Waals surface area contributed by atoms with Crippen LogP contribution in [0.3, 0.4) is 0 Å². The number of hydrogen-bond acceptors (Lipinski definition) is 2. The molecule has 2 N–H and O–H groups in total. The number of halogens is 3. The van der Waals surface area contributed by atoms with Crippen molar-refractivity contribution in [3.8, 4) is 0 Å². The van der Waals surface area contributed by atoms with E-state index in [4.69, 9.17) is 16.3 Å². The third-order valence-electron chi connectivity index (χ3n) is 5.10. The summed E-state index contributed by atoms with van der Waals surface area (Å²) in [6.45, 7) is 2.78. The summed E-state index contributed by atoms with van der Waals surface area (Å²) in [7, 11) is 1.76. The highest BCUT2D eigenvalue weighted by molar-refractivity contribution is 14.0. The Bertz CT molecular complexity index is 762. The maximum absolute atomic E-state index is 13.4. The van der Waals surface area contributed by atoms with Crippen LogP contribution in [0, 0.1) is 5.82 Å². The lowest BCUT2D eigenvalue weighted by atomic mass is 9.74. The third kappa shape index (κ3) is 6.06. The number of nitrogens with one attached hydrogen (secondary N) is 2. The van der Waals surface area contributed by atoms with Crippen molar-refractivity contribution in [3.05, 3.63) is 70.5 Å². The van der Waals surface area contributed by atoms with Gasteiger partial charge in [-0.25, -0.2) is 4.39 Å². The molecule has 0 aromatic heterocycles. The van der Waals surface area contributed by atoms with E-state index in [1.165, 1.54) is 12.1 Å². The number of guanidine groups is 1. The van der Waals surface area contributed by atoms with Crippen LogP contribution < -0.4 is 10.6 Å². The van der Waals surface area contributed by atoms with E-state index in [1.54, 1.807) is 7.05 Å². The van der Waals surface area contributed by atoms with E-state index < -0.39 is 0 Å². The molecule has 2 aromatic carbocycles. The largest absolute Gasteiger partial charge is 0.381 e. The highest BCUT2D eigenvalue weighted by Crippen LogP contribution is 2.34. The molecule has 0 amide bonds. The molecule has 0 bridgehead atoms. The van der Waals surface area contributed by atoms with Crippen LogP contribution in [-0.4, -0.2) is 32.8 Å². The standard InChI is InChI=1S/C21H25ClFN3O.HI/c1-24-20(25-14-16-2-6-18(22)7-3-16)26-15-21(10-12-27-13-11-21)17-4-8-19(23)9-5-17;/h2-9H,10-15H2,1H3,(H2,24,25,26);1H. The van der Waals surface area contributed by atoms with Crippen LogP contribution >= 0.6 is 35.6 Å². The van der Waals surface area contributed by atoms with Gasteiger partial charge in [0.05, 0.1) is 0 Å². The lowest BCUT2D eigenvalue weighted by Crippen LogP contribution is -2.47. The highest BCUT2D eigenvalue weighted by Gasteiger charge is 2.34. The van der Waals surface area contributed by atoms with Gasteiger partial charge in [-0.2, -0.15) is 0 Å². The van der Waals surface area contributed by atoms with Gasteiger partial charge < -0.3 is 15.4 Å². The van der Waals surface area contributed by atoms with E-state index in [0.29, 0.717) is 26.3 Å². The lowest BCUT2D eigenvalue weighted by molar-refractivity contribution is 0.0513. The lowest BCUT2D eigenvalue weighted by Gasteiger charge is -2.38. The molecule has 0 saturated carbocycles. The number of rotatable bonds is 5. The molecule has 28 heavy (non-hydrogen) atoms. The molecule has 1 aliphatic rings. The van der Waals surface area contributed by atoms with E-state index in [9.17, 15) is 4.39 Å². The number of nitrogens with zero attached hydrogens (tertiary/aromatic N) is 1. The SMILES string of the molecule is CN=C(NCc1ccc(Cl)cc1)NCC1(c2ccc(F)cc2)CCOCC1.I. The van der Waals surface area contributed by atoms with Crippen molar-refractivity contribution >= 4 is 41.5 Å². The summed E-state index contributed by atoms with van der Waals surface area (Å²) < 4.78 is 18.9. The minimum atomic E-state index is -0.214. The number of aliphatic imine (C=N–C) groups is 1. The quantitative estimate of drug-likeness (QED) is 0.349. The predicted octanol–water partition coefficient (Wildman–Crippen LogP) is 4.51. The van der Waals surface area contributed by atoms with Gasteiger partial charge in [-0.1, -0.05) is 35.9 Å². The molecule has 0 spiro atoms. The summed E-state index contributed by atoms with van der Waals surface area (Å²) in [6.07, 6.45) is 1.78. The fraction of sp³-hybridized carbons (Fsp3) is 0.381. The van der Waals surface area contributed by atoms with Crippen molar-refractivity contribution in [1.82, 2.24) is 10.6 Å². The van der Waals surface area contributed by atoms with Crippen molar-refractivity contribution in [2.24, 2.45) is 4.99 Å². The molecule has 2 aromatic rings. The summed E-state index contributed by atoms with van der Waals surface area (Å²) >= 11 is 5.93. The highest BCUT2D eigenvalue weighted by atomic mass is 127. The molecule has 0 radical (unpaired) electrons. The van der Waals surface area contributed by atoms with Gasteiger partial charge in [0.25, 0.3) is 0 Å². The Labute approximate surface area is 187 Å². The van der Waals surface area contributed by atoms with Crippen LogP contribution in [-0.2, 0) is 16.7 Å². The first kappa shape index (κ1) is 22.9. The molecule has 0 unspecified atom stereocenters. The van der Waals surface area contributed by atoms with Crippen LogP contribution in [0.1, 0.15) is 24.0 Å². The molecule has 152 valence electrons. The van der Waals surface area contributed by atoms with Gasteiger partial charge in [0.15, 0.2) is 5.96 Å². The predicted molar refractivity (Wildman–Crippen MR) is 123 cm³/mol. The number of benzene rings is 2. The van der Waals surface area contributed by atoms with Gasteiger partial charge in [-0.3, -0.25) is 4.99 Å². The fourth-order valence-corrected chi connectivity index (χ4v) is 3.52. The van der Waals surface area contributed by atoms with Gasteiger partial charge in [0, 0.05) is 43.8 Å². The number of hydrogen-bond donors (Lipinski definition) is 2. The zero-order chi connectivity index (χ0) is 19.1. The second-order valence-electron chi connectivity index (χ2n) is 6.81. The van der Waals surface area contributed by atoms with Crippen LogP contribution in [0.4, 0.5) is 4.39 Å². The molecule has 0 atom stereocenters. The third-order valence-corrected chi connectivity index (χ3v) is 5.35. The van der Waals surface area contributed by atoms with Crippen molar-refractivity contribution in [2.45, 2.75) is 24.8 Å². The zero-order valence-electron chi connectivity index (χ0n) is 15.9. The molecule has 1 heterocycles. The van der Waals surface area contributed by atoms with Gasteiger partial charge in [-0.05, 0) is 48.2 Å². The smallest absolute Gasteiger partial charge is 0.191 e.